The highest BCUT2D eigenvalue weighted by Crippen LogP contribution is 2.63. The molecule has 1 heterocycles. The summed E-state index contributed by atoms with van der Waals surface area (Å²) < 4.78 is 38.8. The van der Waals surface area contributed by atoms with E-state index >= 15 is 0 Å². The van der Waals surface area contributed by atoms with Crippen LogP contribution in [0.1, 0.15) is 75.3 Å². The number of halogens is 2. The molecule has 1 aromatic carbocycles. The number of fused-ring (bicyclic) bond motifs is 5. The Morgan fingerprint density at radius 2 is 2.00 bits per heavy atom. The Bertz CT molecular complexity index is 779. The van der Waals surface area contributed by atoms with Crippen molar-refractivity contribution in [1.82, 2.24) is 0 Å². The molecule has 0 N–H and O–H groups in total. The summed E-state index contributed by atoms with van der Waals surface area (Å²) in [5.41, 5.74) is 3.01. The van der Waals surface area contributed by atoms with E-state index in [1.807, 2.05) is 0 Å². The Morgan fingerprint density at radius 1 is 1.11 bits per heavy atom. The van der Waals surface area contributed by atoms with Crippen LogP contribution in [0, 0.1) is 17.3 Å². The number of ether oxygens (including phenoxy) is 2. The Balaban J connectivity index is 1.37. The number of aryl methyl sites for hydroxylation is 1. The molecular weight excluding hydrogens is 358 g/mol. The van der Waals surface area contributed by atoms with Crippen LogP contribution in [0.2, 0.25) is 0 Å². The molecule has 4 heteroatoms. The van der Waals surface area contributed by atoms with Crippen molar-refractivity contribution in [2.24, 2.45) is 17.3 Å². The number of hydrogen-bond donors (Lipinski definition) is 0. The second-order valence-electron chi connectivity index (χ2n) is 9.42. The molecule has 0 aromatic heterocycles. The average Bonchev–Trinajstić information content (AvgIpc) is 3.06. The third-order valence-electron chi connectivity index (χ3n) is 8.12. The van der Waals surface area contributed by atoms with Gasteiger partial charge < -0.3 is 9.47 Å². The van der Waals surface area contributed by atoms with Gasteiger partial charge in [0.15, 0.2) is 6.29 Å². The van der Waals surface area contributed by atoms with Gasteiger partial charge >= 0.3 is 0 Å². The monoisotopic (exact) mass is 388 g/mol. The SMILES string of the molecule is C[C@]12CC[C@@H]3c4ccc(OC5CCCCO5)cc4CC[C@H]3[C@@H]1CCC2=C(F)F. The lowest BCUT2D eigenvalue weighted by Gasteiger charge is -2.49. The zero-order valence-corrected chi connectivity index (χ0v) is 16.7. The van der Waals surface area contributed by atoms with Crippen LogP contribution < -0.4 is 4.74 Å². The largest absolute Gasteiger partial charge is 0.465 e. The van der Waals surface area contributed by atoms with Gasteiger partial charge in [-0.3, -0.25) is 0 Å². The van der Waals surface area contributed by atoms with Crippen LogP contribution in [0.25, 0.3) is 0 Å². The smallest absolute Gasteiger partial charge is 0.270 e. The molecule has 2 nitrogen and oxygen atoms in total. The van der Waals surface area contributed by atoms with Crippen molar-refractivity contribution in [1.29, 1.82) is 0 Å². The van der Waals surface area contributed by atoms with Gasteiger partial charge in [-0.1, -0.05) is 13.0 Å². The molecular formula is C24H30F2O2. The van der Waals surface area contributed by atoms with E-state index in [1.165, 1.54) is 11.1 Å². The normalized spacial score (nSPS) is 37.0. The predicted molar refractivity (Wildman–Crippen MR) is 105 cm³/mol. The van der Waals surface area contributed by atoms with Gasteiger partial charge in [0.1, 0.15) is 5.75 Å². The number of hydrogen-bond acceptors (Lipinski definition) is 2. The molecule has 0 spiro atoms. The van der Waals surface area contributed by atoms with Crippen molar-refractivity contribution in [2.45, 2.75) is 76.9 Å². The molecule has 1 aromatic rings. The standard InChI is InChI=1S/C24H30F2O2/c1-24-12-11-18-17-8-6-16(28-22-4-2-3-13-27-22)14-15(17)5-7-19(18)20(24)9-10-21(24)23(25)26/h6,8,14,18-20,22H,2-5,7,9-13H2,1H3/t18-,19-,20+,22?,24+/m1/s1. The fraction of sp³-hybridized carbons (Fsp3) is 0.667. The van der Waals surface area contributed by atoms with Gasteiger partial charge in [0.05, 0.1) is 6.61 Å². The second-order valence-corrected chi connectivity index (χ2v) is 9.42. The Labute approximate surface area is 166 Å². The van der Waals surface area contributed by atoms with Crippen molar-refractivity contribution in [2.75, 3.05) is 6.61 Å². The van der Waals surface area contributed by atoms with Gasteiger partial charge in [0.25, 0.3) is 6.08 Å². The van der Waals surface area contributed by atoms with Crippen molar-refractivity contribution in [3.63, 3.8) is 0 Å². The molecule has 5 atom stereocenters. The second kappa shape index (κ2) is 7.12. The van der Waals surface area contributed by atoms with Gasteiger partial charge in [0.2, 0.25) is 0 Å². The molecule has 2 saturated carbocycles. The quantitative estimate of drug-likeness (QED) is 0.568. The molecule has 0 amide bonds. The van der Waals surface area contributed by atoms with E-state index in [0.29, 0.717) is 29.7 Å². The molecule has 1 aliphatic heterocycles. The van der Waals surface area contributed by atoms with Gasteiger partial charge in [-0.25, -0.2) is 0 Å². The first-order valence-electron chi connectivity index (χ1n) is 11.0. The van der Waals surface area contributed by atoms with Crippen LogP contribution in [0.5, 0.6) is 5.75 Å². The predicted octanol–water partition coefficient (Wildman–Crippen LogP) is 6.60. The van der Waals surface area contributed by atoms with Crippen LogP contribution in [-0.4, -0.2) is 12.9 Å². The molecule has 0 radical (unpaired) electrons. The van der Waals surface area contributed by atoms with Crippen LogP contribution in [0.15, 0.2) is 29.9 Å². The first-order chi connectivity index (χ1) is 13.6. The topological polar surface area (TPSA) is 18.5 Å². The summed E-state index contributed by atoms with van der Waals surface area (Å²) in [6.45, 7) is 2.89. The summed E-state index contributed by atoms with van der Waals surface area (Å²) in [7, 11) is 0. The fourth-order valence-electron chi connectivity index (χ4n) is 6.71. The molecule has 152 valence electrons. The van der Waals surface area contributed by atoms with E-state index in [2.05, 4.69) is 25.1 Å². The van der Waals surface area contributed by atoms with Crippen LogP contribution in [0.3, 0.4) is 0 Å². The lowest BCUT2D eigenvalue weighted by atomic mass is 9.55. The van der Waals surface area contributed by atoms with Crippen molar-refractivity contribution < 1.29 is 18.3 Å². The molecule has 1 unspecified atom stereocenters. The number of allylic oxidation sites excluding steroid dienone is 1. The minimum absolute atomic E-state index is 0.113. The number of rotatable bonds is 2. The summed E-state index contributed by atoms with van der Waals surface area (Å²) in [5, 5.41) is 0. The van der Waals surface area contributed by atoms with Gasteiger partial charge in [-0.05, 0) is 97.8 Å². The van der Waals surface area contributed by atoms with Crippen molar-refractivity contribution >= 4 is 0 Å². The first-order valence-corrected chi connectivity index (χ1v) is 11.0. The third-order valence-corrected chi connectivity index (χ3v) is 8.12. The Hall–Kier alpha value is -1.42. The molecule has 28 heavy (non-hydrogen) atoms. The van der Waals surface area contributed by atoms with Crippen molar-refractivity contribution in [3.8, 4) is 5.75 Å². The minimum Gasteiger partial charge on any atom is -0.465 e. The van der Waals surface area contributed by atoms with E-state index in [-0.39, 0.29) is 11.7 Å². The maximum Gasteiger partial charge on any atom is 0.270 e. The zero-order valence-electron chi connectivity index (χ0n) is 16.7. The molecule has 4 aliphatic rings. The highest BCUT2D eigenvalue weighted by Gasteiger charge is 2.53. The van der Waals surface area contributed by atoms with E-state index in [1.54, 1.807) is 0 Å². The van der Waals surface area contributed by atoms with Crippen LogP contribution in [-0.2, 0) is 11.2 Å². The summed E-state index contributed by atoms with van der Waals surface area (Å²) in [5.74, 6) is 2.37. The molecule has 0 bridgehead atoms. The average molecular weight is 388 g/mol. The van der Waals surface area contributed by atoms with Crippen LogP contribution >= 0.6 is 0 Å². The Morgan fingerprint density at radius 3 is 2.79 bits per heavy atom. The molecule has 3 aliphatic carbocycles. The molecule has 3 fully saturated rings. The summed E-state index contributed by atoms with van der Waals surface area (Å²) in [6.07, 6.45) is 7.30. The summed E-state index contributed by atoms with van der Waals surface area (Å²) in [6, 6.07) is 6.54. The maximum absolute atomic E-state index is 13.5. The van der Waals surface area contributed by atoms with E-state index < -0.39 is 6.08 Å². The van der Waals surface area contributed by atoms with Gasteiger partial charge in [-0.15, -0.1) is 0 Å². The maximum atomic E-state index is 13.5. The Kier molecular flexibility index (Phi) is 4.73. The molecule has 1 saturated heterocycles. The van der Waals surface area contributed by atoms with Gasteiger partial charge in [0, 0.05) is 12.0 Å². The molecule has 5 rings (SSSR count). The van der Waals surface area contributed by atoms with E-state index in [4.69, 9.17) is 9.47 Å². The third kappa shape index (κ3) is 2.99. The highest BCUT2D eigenvalue weighted by molar-refractivity contribution is 5.41. The van der Waals surface area contributed by atoms with Crippen molar-refractivity contribution in [3.05, 3.63) is 41.0 Å². The zero-order chi connectivity index (χ0) is 19.3. The number of benzene rings is 1. The fourth-order valence-corrected chi connectivity index (χ4v) is 6.71. The highest BCUT2D eigenvalue weighted by atomic mass is 19.3. The van der Waals surface area contributed by atoms with Gasteiger partial charge in [-0.2, -0.15) is 8.78 Å². The summed E-state index contributed by atoms with van der Waals surface area (Å²) in [4.78, 5) is 0. The van der Waals surface area contributed by atoms with Crippen LogP contribution in [0.4, 0.5) is 8.78 Å². The van der Waals surface area contributed by atoms with E-state index in [0.717, 1.165) is 63.7 Å². The van der Waals surface area contributed by atoms with E-state index in [9.17, 15) is 8.78 Å². The minimum atomic E-state index is -1.41. The summed E-state index contributed by atoms with van der Waals surface area (Å²) >= 11 is 0. The lowest BCUT2D eigenvalue weighted by molar-refractivity contribution is -0.105. The lowest BCUT2D eigenvalue weighted by Crippen LogP contribution is -2.40. The first kappa shape index (κ1) is 18.6.